The fourth-order valence-electron chi connectivity index (χ4n) is 1.82. The molecule has 114 valence electrons. The van der Waals surface area contributed by atoms with E-state index in [1.807, 2.05) is 30.3 Å². The Morgan fingerprint density at radius 3 is 2.36 bits per heavy atom. The van der Waals surface area contributed by atoms with Gasteiger partial charge >= 0.3 is 0 Å². The van der Waals surface area contributed by atoms with Gasteiger partial charge in [-0.15, -0.1) is 0 Å². The molecule has 0 heterocycles. The average Bonchev–Trinajstić information content (AvgIpc) is 2.51. The van der Waals surface area contributed by atoms with E-state index < -0.39 is 0 Å². The van der Waals surface area contributed by atoms with Crippen LogP contribution < -0.4 is 10.6 Å². The summed E-state index contributed by atoms with van der Waals surface area (Å²) in [5.74, 6) is -0.593. The van der Waals surface area contributed by atoms with Gasteiger partial charge in [0.2, 0.25) is 11.8 Å². The molecular weight excluding hydrogens is 323 g/mol. The van der Waals surface area contributed by atoms with Crippen molar-refractivity contribution in [3.63, 3.8) is 0 Å². The molecule has 2 amide bonds. The fourth-order valence-corrected chi connectivity index (χ4v) is 2.17. The summed E-state index contributed by atoms with van der Waals surface area (Å²) in [6.45, 7) is -0.130. The Labute approximate surface area is 138 Å². The highest BCUT2D eigenvalue weighted by Gasteiger charge is 2.10. The summed E-state index contributed by atoms with van der Waals surface area (Å²) in [7, 11) is 0. The molecule has 2 aromatic carbocycles. The van der Waals surface area contributed by atoms with E-state index >= 15 is 0 Å². The topological polar surface area (TPSA) is 58.2 Å². The maximum absolute atomic E-state index is 11.8. The quantitative estimate of drug-likeness (QED) is 0.880. The molecule has 0 unspecified atom stereocenters. The lowest BCUT2D eigenvalue weighted by Gasteiger charge is -2.09. The van der Waals surface area contributed by atoms with Crippen LogP contribution in [0.4, 0.5) is 5.69 Å². The van der Waals surface area contributed by atoms with Gasteiger partial charge in [-0.1, -0.05) is 59.6 Å². The Bertz CT molecular complexity index is 675. The van der Waals surface area contributed by atoms with Gasteiger partial charge in [0.25, 0.3) is 0 Å². The lowest BCUT2D eigenvalue weighted by molar-refractivity contribution is -0.123. The van der Waals surface area contributed by atoms with Gasteiger partial charge in [0.05, 0.1) is 28.7 Å². The van der Waals surface area contributed by atoms with Gasteiger partial charge in [-0.05, 0) is 17.7 Å². The number of amides is 2. The van der Waals surface area contributed by atoms with Gasteiger partial charge in [0, 0.05) is 0 Å². The zero-order chi connectivity index (χ0) is 15.9. The lowest BCUT2D eigenvalue weighted by atomic mass is 10.1. The Morgan fingerprint density at radius 2 is 1.64 bits per heavy atom. The standard InChI is InChI=1S/C16H14Cl2N2O2/c17-12-7-4-8-13(16(12)18)20-15(22)10-19-14(21)9-11-5-2-1-3-6-11/h1-8H,9-10H2,(H,19,21)(H,20,22). The van der Waals surface area contributed by atoms with Crippen molar-refractivity contribution in [1.29, 1.82) is 0 Å². The molecule has 6 heteroatoms. The van der Waals surface area contributed by atoms with Gasteiger partial charge in [-0.3, -0.25) is 9.59 Å². The molecule has 0 aliphatic carbocycles. The van der Waals surface area contributed by atoms with Gasteiger partial charge < -0.3 is 10.6 Å². The minimum Gasteiger partial charge on any atom is -0.347 e. The van der Waals surface area contributed by atoms with E-state index in [1.165, 1.54) is 0 Å². The van der Waals surface area contributed by atoms with Gasteiger partial charge in [-0.25, -0.2) is 0 Å². The van der Waals surface area contributed by atoms with Crippen molar-refractivity contribution in [1.82, 2.24) is 5.32 Å². The van der Waals surface area contributed by atoms with Crippen LogP contribution in [0.2, 0.25) is 10.0 Å². The third-order valence-electron chi connectivity index (χ3n) is 2.88. The van der Waals surface area contributed by atoms with E-state index in [2.05, 4.69) is 10.6 Å². The molecule has 0 radical (unpaired) electrons. The molecule has 0 spiro atoms. The molecule has 0 bridgehead atoms. The van der Waals surface area contributed by atoms with E-state index in [1.54, 1.807) is 18.2 Å². The number of hydrogen-bond donors (Lipinski definition) is 2. The predicted molar refractivity (Wildman–Crippen MR) is 88.2 cm³/mol. The first kappa shape index (κ1) is 16.3. The normalized spacial score (nSPS) is 10.1. The molecule has 0 saturated heterocycles. The monoisotopic (exact) mass is 336 g/mol. The van der Waals surface area contributed by atoms with Crippen LogP contribution in [-0.4, -0.2) is 18.4 Å². The molecule has 22 heavy (non-hydrogen) atoms. The third-order valence-corrected chi connectivity index (χ3v) is 3.70. The number of benzene rings is 2. The summed E-state index contributed by atoms with van der Waals surface area (Å²) in [5, 5.41) is 5.78. The van der Waals surface area contributed by atoms with Crippen molar-refractivity contribution in [2.75, 3.05) is 11.9 Å². The number of carbonyl (C=O) groups excluding carboxylic acids is 2. The molecule has 0 atom stereocenters. The van der Waals surface area contributed by atoms with Crippen LogP contribution in [0.25, 0.3) is 0 Å². The second-order valence-corrected chi connectivity index (χ2v) is 5.37. The fraction of sp³-hybridized carbons (Fsp3) is 0.125. The summed E-state index contributed by atoms with van der Waals surface area (Å²) < 4.78 is 0. The zero-order valence-electron chi connectivity index (χ0n) is 11.6. The molecule has 2 aromatic rings. The average molecular weight is 337 g/mol. The number of hydrogen-bond acceptors (Lipinski definition) is 2. The molecule has 4 nitrogen and oxygen atoms in total. The number of nitrogens with one attached hydrogen (secondary N) is 2. The summed E-state index contributed by atoms with van der Waals surface area (Å²) >= 11 is 11.8. The summed E-state index contributed by atoms with van der Waals surface area (Å²) in [6, 6.07) is 14.2. The van der Waals surface area contributed by atoms with Crippen LogP contribution in [-0.2, 0) is 16.0 Å². The first-order valence-corrected chi connectivity index (χ1v) is 7.36. The first-order valence-electron chi connectivity index (χ1n) is 6.61. The molecule has 0 aliphatic rings. The number of rotatable bonds is 5. The van der Waals surface area contributed by atoms with Crippen molar-refractivity contribution < 1.29 is 9.59 Å². The highest BCUT2D eigenvalue weighted by molar-refractivity contribution is 6.44. The zero-order valence-corrected chi connectivity index (χ0v) is 13.1. The van der Waals surface area contributed by atoms with E-state index in [0.29, 0.717) is 10.7 Å². The predicted octanol–water partition coefficient (Wildman–Crippen LogP) is 3.29. The Balaban J connectivity index is 1.83. The summed E-state index contributed by atoms with van der Waals surface area (Å²) in [4.78, 5) is 23.6. The molecule has 0 aliphatic heterocycles. The van der Waals surface area contributed by atoms with E-state index in [0.717, 1.165) is 5.56 Å². The van der Waals surface area contributed by atoms with Crippen molar-refractivity contribution >= 4 is 40.7 Å². The van der Waals surface area contributed by atoms with Crippen molar-refractivity contribution in [2.24, 2.45) is 0 Å². The highest BCUT2D eigenvalue weighted by atomic mass is 35.5. The number of halogens is 2. The van der Waals surface area contributed by atoms with Gasteiger partial charge in [0.15, 0.2) is 0 Å². The lowest BCUT2D eigenvalue weighted by Crippen LogP contribution is -2.33. The van der Waals surface area contributed by atoms with E-state index in [-0.39, 0.29) is 29.8 Å². The Kier molecular flexibility index (Phi) is 5.81. The van der Waals surface area contributed by atoms with Crippen LogP contribution >= 0.6 is 23.2 Å². The van der Waals surface area contributed by atoms with Crippen molar-refractivity contribution in [3.05, 3.63) is 64.1 Å². The van der Waals surface area contributed by atoms with Crippen molar-refractivity contribution in [3.8, 4) is 0 Å². The SMILES string of the molecule is O=C(Cc1ccccc1)NCC(=O)Nc1cccc(Cl)c1Cl. The summed E-state index contributed by atoms with van der Waals surface area (Å²) in [6.07, 6.45) is 0.228. The largest absolute Gasteiger partial charge is 0.347 e. The minimum absolute atomic E-state index is 0.130. The van der Waals surface area contributed by atoms with E-state index in [9.17, 15) is 9.59 Å². The maximum Gasteiger partial charge on any atom is 0.243 e. The van der Waals surface area contributed by atoms with Crippen LogP contribution in [0, 0.1) is 0 Å². The van der Waals surface area contributed by atoms with E-state index in [4.69, 9.17) is 23.2 Å². The van der Waals surface area contributed by atoms with Crippen molar-refractivity contribution in [2.45, 2.75) is 6.42 Å². The molecule has 0 fully saturated rings. The molecule has 0 saturated carbocycles. The van der Waals surface area contributed by atoms with Crippen LogP contribution in [0.1, 0.15) is 5.56 Å². The van der Waals surface area contributed by atoms with Gasteiger partial charge in [0.1, 0.15) is 0 Å². The first-order chi connectivity index (χ1) is 10.6. The van der Waals surface area contributed by atoms with Crippen LogP contribution in [0.3, 0.4) is 0 Å². The highest BCUT2D eigenvalue weighted by Crippen LogP contribution is 2.29. The smallest absolute Gasteiger partial charge is 0.243 e. The number of anilines is 1. The molecule has 0 aromatic heterocycles. The second-order valence-electron chi connectivity index (χ2n) is 4.59. The summed E-state index contributed by atoms with van der Waals surface area (Å²) in [5.41, 5.74) is 1.30. The minimum atomic E-state index is -0.370. The maximum atomic E-state index is 11.8. The number of carbonyl (C=O) groups is 2. The van der Waals surface area contributed by atoms with Gasteiger partial charge in [-0.2, -0.15) is 0 Å². The van der Waals surface area contributed by atoms with Crippen LogP contribution in [0.5, 0.6) is 0 Å². The Morgan fingerprint density at radius 1 is 0.909 bits per heavy atom. The molecular formula is C16H14Cl2N2O2. The third kappa shape index (κ3) is 4.76. The second kappa shape index (κ2) is 7.82. The Hall–Kier alpha value is -2.04. The molecule has 2 rings (SSSR count). The molecule has 2 N–H and O–H groups in total. The van der Waals surface area contributed by atoms with Crippen LogP contribution in [0.15, 0.2) is 48.5 Å².